The highest BCUT2D eigenvalue weighted by Crippen LogP contribution is 2.46. The van der Waals surface area contributed by atoms with Crippen LogP contribution in [-0.2, 0) is 19.6 Å². The third-order valence-electron chi connectivity index (χ3n) is 6.93. The normalized spacial score (nSPS) is 20.6. The molecule has 4 N–H and O–H groups in total. The van der Waals surface area contributed by atoms with Gasteiger partial charge in [-0.2, -0.15) is 0 Å². The molecule has 7 heteroatoms. The maximum atomic E-state index is 13.0. The fraction of sp³-hybridized carbons (Fsp3) is 0.208. The molecule has 0 bridgehead atoms. The Balaban J connectivity index is 1.87. The molecule has 1 amide bonds. The zero-order valence-electron chi connectivity index (χ0n) is 16.5. The third kappa shape index (κ3) is 1.98. The number of aliphatic hydroxyl groups is 2. The van der Waals surface area contributed by atoms with Crippen molar-refractivity contribution in [2.75, 3.05) is 0 Å². The van der Waals surface area contributed by atoms with E-state index in [0.717, 1.165) is 49.2 Å². The van der Waals surface area contributed by atoms with Crippen LogP contribution >= 0.6 is 0 Å². The number of aromatic hydroxyl groups is 1. The number of nitrogens with one attached hydrogen (secondary N) is 1. The van der Waals surface area contributed by atoms with Gasteiger partial charge in [-0.3, -0.25) is 4.79 Å². The van der Waals surface area contributed by atoms with Crippen molar-refractivity contribution in [3.05, 3.63) is 53.6 Å². The van der Waals surface area contributed by atoms with Crippen molar-refractivity contribution in [3.63, 3.8) is 0 Å². The molecule has 7 nitrogen and oxygen atoms in total. The third-order valence-corrected chi connectivity index (χ3v) is 6.93. The van der Waals surface area contributed by atoms with Crippen LogP contribution in [0.4, 0.5) is 0 Å². The molecule has 31 heavy (non-hydrogen) atoms. The lowest BCUT2D eigenvalue weighted by Gasteiger charge is -2.24. The van der Waals surface area contributed by atoms with Gasteiger partial charge in [0.2, 0.25) is 0 Å². The largest absolute Gasteiger partial charge is 0.508 e. The second-order valence-corrected chi connectivity index (χ2v) is 8.56. The molecule has 0 fully saturated rings. The topological polar surface area (TPSA) is 99.7 Å². The quantitative estimate of drug-likeness (QED) is 0.314. The minimum Gasteiger partial charge on any atom is -0.508 e. The summed E-state index contributed by atoms with van der Waals surface area (Å²) in [4.78, 5) is 13.0. The molecule has 154 valence electrons. The van der Waals surface area contributed by atoms with E-state index in [0.29, 0.717) is 12.1 Å². The summed E-state index contributed by atoms with van der Waals surface area (Å²) in [5, 5.41) is 38.4. The first kappa shape index (κ1) is 17.2. The zero-order chi connectivity index (χ0) is 21.0. The Morgan fingerprint density at radius 3 is 2.32 bits per heavy atom. The van der Waals surface area contributed by atoms with Crippen molar-refractivity contribution < 1.29 is 20.1 Å². The summed E-state index contributed by atoms with van der Waals surface area (Å²) in [7, 11) is 0. The van der Waals surface area contributed by atoms with Crippen molar-refractivity contribution in [2.24, 2.45) is 0 Å². The Hall–Kier alpha value is -3.55. The van der Waals surface area contributed by atoms with Crippen molar-refractivity contribution >= 4 is 49.5 Å². The molecule has 0 saturated carbocycles. The van der Waals surface area contributed by atoms with Crippen molar-refractivity contribution in [2.45, 2.75) is 31.8 Å². The van der Waals surface area contributed by atoms with E-state index in [9.17, 15) is 20.1 Å². The van der Waals surface area contributed by atoms with Gasteiger partial charge in [0.15, 0.2) is 0 Å². The van der Waals surface area contributed by atoms with Gasteiger partial charge in [-0.1, -0.05) is 18.2 Å². The van der Waals surface area contributed by atoms with Crippen LogP contribution in [0.5, 0.6) is 5.75 Å². The number of aliphatic hydroxyl groups excluding tert-OH is 2. The van der Waals surface area contributed by atoms with Gasteiger partial charge in [-0.05, 0) is 29.8 Å². The number of phenolic OH excluding ortho intramolecular Hbond substituents is 1. The Morgan fingerprint density at radius 1 is 0.871 bits per heavy atom. The molecular weight excluding hydrogens is 394 g/mol. The molecule has 7 rings (SSSR count). The number of amides is 1. The summed E-state index contributed by atoms with van der Waals surface area (Å²) in [5.41, 5.74) is 5.16. The average molecular weight is 413 g/mol. The number of nitrogens with zero attached hydrogens (tertiary/aromatic N) is 2. The van der Waals surface area contributed by atoms with E-state index in [1.54, 1.807) is 12.1 Å². The highest BCUT2D eigenvalue weighted by Gasteiger charge is 2.34. The van der Waals surface area contributed by atoms with Gasteiger partial charge < -0.3 is 29.8 Å². The summed E-state index contributed by atoms with van der Waals surface area (Å²) in [6.07, 6.45) is -1.91. The maximum Gasteiger partial charge on any atom is 0.252 e. The predicted molar refractivity (Wildman–Crippen MR) is 117 cm³/mol. The number of benzene rings is 3. The molecule has 2 atom stereocenters. The number of hydrogen-bond acceptors (Lipinski definition) is 4. The van der Waals surface area contributed by atoms with Crippen LogP contribution in [0.2, 0.25) is 0 Å². The van der Waals surface area contributed by atoms with Gasteiger partial charge in [-0.15, -0.1) is 0 Å². The van der Waals surface area contributed by atoms with Gasteiger partial charge in [0, 0.05) is 39.1 Å². The second kappa shape index (κ2) is 5.57. The molecule has 2 aliphatic heterocycles. The standard InChI is InChI=1S/C24H19N3O4/c28-11-5-6-16-13(7-11)20-21-14(8-25-24(21)31)19-12-3-1-2-4-15(12)26-9-17(29)18(30)10-27(16)23(20)22(19)26/h1-7,17-18,28-30H,8-10H2,(H,25,31). The Morgan fingerprint density at radius 2 is 1.55 bits per heavy atom. The molecule has 2 unspecified atom stereocenters. The molecule has 0 aliphatic carbocycles. The predicted octanol–water partition coefficient (Wildman–Crippen LogP) is 2.59. The molecular formula is C24H19N3O4. The first-order chi connectivity index (χ1) is 15.0. The highest BCUT2D eigenvalue weighted by molar-refractivity contribution is 6.30. The monoisotopic (exact) mass is 413 g/mol. The molecule has 0 spiro atoms. The lowest BCUT2D eigenvalue weighted by molar-refractivity contribution is 0.00168. The van der Waals surface area contributed by atoms with E-state index in [-0.39, 0.29) is 24.7 Å². The van der Waals surface area contributed by atoms with Crippen molar-refractivity contribution in [1.29, 1.82) is 0 Å². The number of fused-ring (bicyclic) bond motifs is 9. The molecule has 0 radical (unpaired) electrons. The van der Waals surface area contributed by atoms with Gasteiger partial charge >= 0.3 is 0 Å². The maximum absolute atomic E-state index is 13.0. The highest BCUT2D eigenvalue weighted by atomic mass is 16.3. The molecule has 2 aliphatic rings. The first-order valence-corrected chi connectivity index (χ1v) is 10.4. The van der Waals surface area contributed by atoms with Crippen LogP contribution in [0.1, 0.15) is 15.9 Å². The molecule has 0 saturated heterocycles. The van der Waals surface area contributed by atoms with E-state index in [4.69, 9.17) is 0 Å². The summed E-state index contributed by atoms with van der Waals surface area (Å²) in [6, 6.07) is 13.1. The van der Waals surface area contributed by atoms with E-state index in [1.807, 2.05) is 34.9 Å². The van der Waals surface area contributed by atoms with Crippen LogP contribution in [0, 0.1) is 0 Å². The van der Waals surface area contributed by atoms with Gasteiger partial charge in [0.1, 0.15) is 5.75 Å². The number of carbonyl (C=O) groups excluding carboxylic acids is 1. The second-order valence-electron chi connectivity index (χ2n) is 8.56. The van der Waals surface area contributed by atoms with Crippen LogP contribution in [0.3, 0.4) is 0 Å². The smallest absolute Gasteiger partial charge is 0.252 e. The van der Waals surface area contributed by atoms with Gasteiger partial charge in [0.25, 0.3) is 5.91 Å². The van der Waals surface area contributed by atoms with Crippen molar-refractivity contribution in [1.82, 2.24) is 14.5 Å². The summed E-state index contributed by atoms with van der Waals surface area (Å²) < 4.78 is 4.05. The Kier molecular flexibility index (Phi) is 3.08. The average Bonchev–Trinajstić information content (AvgIpc) is 3.38. The fourth-order valence-corrected chi connectivity index (χ4v) is 5.65. The molecule has 2 aromatic heterocycles. The summed E-state index contributed by atoms with van der Waals surface area (Å²) in [5.74, 6) is -0.00596. The lowest BCUT2D eigenvalue weighted by atomic mass is 9.97. The Bertz CT molecular complexity index is 1610. The van der Waals surface area contributed by atoms with Crippen LogP contribution in [0.15, 0.2) is 42.5 Å². The number of para-hydroxylation sites is 1. The minimum atomic E-state index is -0.973. The van der Waals surface area contributed by atoms with E-state index in [1.165, 1.54) is 0 Å². The van der Waals surface area contributed by atoms with E-state index < -0.39 is 12.2 Å². The minimum absolute atomic E-state index is 0.120. The number of rotatable bonds is 0. The summed E-state index contributed by atoms with van der Waals surface area (Å²) >= 11 is 0. The van der Waals surface area contributed by atoms with Gasteiger partial charge in [-0.25, -0.2) is 0 Å². The van der Waals surface area contributed by atoms with Crippen LogP contribution in [-0.4, -0.2) is 42.6 Å². The molecule has 3 aromatic carbocycles. The van der Waals surface area contributed by atoms with E-state index in [2.05, 4.69) is 9.88 Å². The Labute approximate surface area is 175 Å². The lowest BCUT2D eigenvalue weighted by Crippen LogP contribution is -2.35. The SMILES string of the molecule is O=C1NCc2c1c1c3cc(O)ccc3n3c1c1c2c2ccccc2n1CC(O)C(O)C3. The molecule has 5 aromatic rings. The zero-order valence-corrected chi connectivity index (χ0v) is 16.5. The van der Waals surface area contributed by atoms with Crippen molar-refractivity contribution in [3.8, 4) is 5.75 Å². The first-order valence-electron chi connectivity index (χ1n) is 10.4. The summed E-state index contributed by atoms with van der Waals surface area (Å²) in [6.45, 7) is 0.890. The molecule has 4 heterocycles. The van der Waals surface area contributed by atoms with Crippen LogP contribution in [0.25, 0.3) is 43.6 Å². The number of phenols is 1. The van der Waals surface area contributed by atoms with E-state index >= 15 is 0 Å². The number of aromatic nitrogens is 2. The van der Waals surface area contributed by atoms with Gasteiger partial charge in [0.05, 0.1) is 41.9 Å². The number of hydrogen-bond donors (Lipinski definition) is 4. The number of carbonyl (C=O) groups is 1. The fourth-order valence-electron chi connectivity index (χ4n) is 5.65. The van der Waals surface area contributed by atoms with Crippen LogP contribution < -0.4 is 5.32 Å².